The summed E-state index contributed by atoms with van der Waals surface area (Å²) < 4.78 is 55.7. The molecular weight excluding hydrogens is 240 g/mol. The van der Waals surface area contributed by atoms with Crippen LogP contribution in [0.2, 0.25) is 0 Å². The fraction of sp³-hybridized carbons (Fsp3) is 0.455. The summed E-state index contributed by atoms with van der Waals surface area (Å²) in [6, 6.07) is 0.723. The minimum absolute atomic E-state index is 0.0950. The predicted molar refractivity (Wildman–Crippen MR) is 53.6 cm³/mol. The number of ether oxygens (including phenoxy) is 1. The van der Waals surface area contributed by atoms with Crippen molar-refractivity contribution in [2.24, 2.45) is 0 Å². The minimum Gasteiger partial charge on any atom is -0.504 e. The number of methoxy groups -OCH3 is 1. The second kappa shape index (κ2) is 4.81. The van der Waals surface area contributed by atoms with Crippen LogP contribution < -0.4 is 4.74 Å². The zero-order chi connectivity index (χ0) is 13.2. The van der Waals surface area contributed by atoms with Crippen LogP contribution in [-0.2, 0) is 12.6 Å². The average molecular weight is 252 g/mol. The van der Waals surface area contributed by atoms with Crippen molar-refractivity contribution in [3.05, 3.63) is 23.0 Å². The van der Waals surface area contributed by atoms with Crippen LogP contribution in [0.5, 0.6) is 11.5 Å². The van der Waals surface area contributed by atoms with Gasteiger partial charge in [0.05, 0.1) is 7.11 Å². The number of halogens is 4. The van der Waals surface area contributed by atoms with E-state index in [1.807, 2.05) is 0 Å². The lowest BCUT2D eigenvalue weighted by molar-refractivity contribution is -0.139. The molecule has 0 unspecified atom stereocenters. The second-order valence-corrected chi connectivity index (χ2v) is 3.53. The largest absolute Gasteiger partial charge is 0.504 e. The maximum Gasteiger partial charge on any atom is 0.420 e. The first-order valence-electron chi connectivity index (χ1n) is 4.98. The Morgan fingerprint density at radius 3 is 2.35 bits per heavy atom. The molecule has 0 radical (unpaired) electrons. The Hall–Kier alpha value is -1.46. The summed E-state index contributed by atoms with van der Waals surface area (Å²) in [5.41, 5.74) is -1.28. The molecule has 1 aromatic rings. The van der Waals surface area contributed by atoms with Gasteiger partial charge in [0.25, 0.3) is 0 Å². The molecule has 1 rings (SSSR count). The Bertz CT molecular complexity index is 413. The summed E-state index contributed by atoms with van der Waals surface area (Å²) >= 11 is 0. The number of hydrogen-bond acceptors (Lipinski definition) is 2. The van der Waals surface area contributed by atoms with E-state index in [2.05, 4.69) is 4.74 Å². The molecule has 17 heavy (non-hydrogen) atoms. The molecule has 0 aliphatic carbocycles. The highest BCUT2D eigenvalue weighted by atomic mass is 19.4. The van der Waals surface area contributed by atoms with Crippen molar-refractivity contribution >= 4 is 0 Å². The number of aryl methyl sites for hydroxylation is 1. The molecule has 0 aliphatic rings. The molecule has 0 saturated heterocycles. The molecule has 1 N–H and O–H groups in total. The predicted octanol–water partition coefficient (Wildman–Crippen LogP) is 3.51. The Balaban J connectivity index is 3.46. The molecule has 6 heteroatoms. The number of rotatable bonds is 3. The highest BCUT2D eigenvalue weighted by molar-refractivity contribution is 5.48. The topological polar surface area (TPSA) is 29.5 Å². The zero-order valence-corrected chi connectivity index (χ0v) is 9.36. The molecule has 1 aromatic carbocycles. The first-order chi connectivity index (χ1) is 7.82. The third-order valence-electron chi connectivity index (χ3n) is 2.30. The van der Waals surface area contributed by atoms with Crippen molar-refractivity contribution in [2.45, 2.75) is 25.9 Å². The smallest absolute Gasteiger partial charge is 0.420 e. The summed E-state index contributed by atoms with van der Waals surface area (Å²) in [5.74, 6) is -3.13. The van der Waals surface area contributed by atoms with E-state index in [1.54, 1.807) is 6.92 Å². The standard InChI is InChI=1S/C11H12F4O2/c1-3-4-6-5-7(11(13,14)15)9(16)8(12)10(6)17-2/h5,16H,3-4H2,1-2H3. The van der Waals surface area contributed by atoms with Crippen LogP contribution in [0, 0.1) is 5.82 Å². The molecule has 0 amide bonds. The van der Waals surface area contributed by atoms with Gasteiger partial charge in [0.15, 0.2) is 11.5 Å². The summed E-state index contributed by atoms with van der Waals surface area (Å²) in [6.45, 7) is 1.75. The lowest BCUT2D eigenvalue weighted by atomic mass is 10.0. The van der Waals surface area contributed by atoms with E-state index in [0.717, 1.165) is 13.2 Å². The molecule has 0 aromatic heterocycles. The Morgan fingerprint density at radius 2 is 1.94 bits per heavy atom. The van der Waals surface area contributed by atoms with Crippen molar-refractivity contribution < 1.29 is 27.4 Å². The maximum absolute atomic E-state index is 13.5. The number of alkyl halides is 3. The first kappa shape index (κ1) is 13.6. The molecule has 0 fully saturated rings. The fourth-order valence-electron chi connectivity index (χ4n) is 1.57. The number of benzene rings is 1. The summed E-state index contributed by atoms with van der Waals surface area (Å²) in [5, 5.41) is 9.16. The van der Waals surface area contributed by atoms with Crippen LogP contribution in [0.25, 0.3) is 0 Å². The van der Waals surface area contributed by atoms with E-state index in [0.29, 0.717) is 6.42 Å². The summed E-state index contributed by atoms with van der Waals surface area (Å²) in [6.07, 6.45) is -4.01. The molecule has 0 bridgehead atoms. The van der Waals surface area contributed by atoms with E-state index in [4.69, 9.17) is 5.11 Å². The van der Waals surface area contributed by atoms with Gasteiger partial charge >= 0.3 is 6.18 Å². The van der Waals surface area contributed by atoms with Crippen molar-refractivity contribution in [3.8, 4) is 11.5 Å². The Kier molecular flexibility index (Phi) is 3.85. The van der Waals surface area contributed by atoms with Gasteiger partial charge in [-0.1, -0.05) is 13.3 Å². The number of hydrogen-bond donors (Lipinski definition) is 1. The van der Waals surface area contributed by atoms with Gasteiger partial charge in [0, 0.05) is 0 Å². The minimum atomic E-state index is -4.79. The Morgan fingerprint density at radius 1 is 1.35 bits per heavy atom. The van der Waals surface area contributed by atoms with E-state index >= 15 is 0 Å². The number of phenolic OH excluding ortho intramolecular Hbond substituents is 1. The fourth-order valence-corrected chi connectivity index (χ4v) is 1.57. The summed E-state index contributed by atoms with van der Waals surface area (Å²) in [4.78, 5) is 0. The van der Waals surface area contributed by atoms with Crippen LogP contribution >= 0.6 is 0 Å². The molecular formula is C11H12F4O2. The Labute approximate surface area is 95.8 Å². The molecule has 0 heterocycles. The van der Waals surface area contributed by atoms with Crippen LogP contribution in [0.4, 0.5) is 17.6 Å². The zero-order valence-electron chi connectivity index (χ0n) is 9.36. The van der Waals surface area contributed by atoms with Gasteiger partial charge in [-0.25, -0.2) is 0 Å². The van der Waals surface area contributed by atoms with Crippen LogP contribution in [-0.4, -0.2) is 12.2 Å². The first-order valence-corrected chi connectivity index (χ1v) is 4.98. The van der Waals surface area contributed by atoms with Gasteiger partial charge in [-0.2, -0.15) is 17.6 Å². The quantitative estimate of drug-likeness (QED) is 0.834. The van der Waals surface area contributed by atoms with Crippen LogP contribution in [0.15, 0.2) is 6.07 Å². The van der Waals surface area contributed by atoms with Crippen LogP contribution in [0.3, 0.4) is 0 Å². The number of phenols is 1. The molecule has 0 atom stereocenters. The molecule has 0 spiro atoms. The second-order valence-electron chi connectivity index (χ2n) is 3.53. The maximum atomic E-state index is 13.5. The lowest BCUT2D eigenvalue weighted by Gasteiger charge is -2.15. The lowest BCUT2D eigenvalue weighted by Crippen LogP contribution is -2.09. The van der Waals surface area contributed by atoms with Crippen molar-refractivity contribution in [1.82, 2.24) is 0 Å². The van der Waals surface area contributed by atoms with E-state index in [1.165, 1.54) is 0 Å². The van der Waals surface area contributed by atoms with E-state index < -0.39 is 23.3 Å². The SMILES string of the molecule is CCCc1cc(C(F)(F)F)c(O)c(F)c1OC. The molecule has 96 valence electrons. The van der Waals surface area contributed by atoms with Crippen LogP contribution in [0.1, 0.15) is 24.5 Å². The monoisotopic (exact) mass is 252 g/mol. The van der Waals surface area contributed by atoms with Gasteiger partial charge in [-0.05, 0) is 18.1 Å². The average Bonchev–Trinajstić information content (AvgIpc) is 2.22. The normalized spacial score (nSPS) is 11.6. The van der Waals surface area contributed by atoms with Gasteiger partial charge in [0.1, 0.15) is 5.56 Å². The van der Waals surface area contributed by atoms with Gasteiger partial charge < -0.3 is 9.84 Å². The highest BCUT2D eigenvalue weighted by Gasteiger charge is 2.37. The van der Waals surface area contributed by atoms with E-state index in [9.17, 15) is 17.6 Å². The highest BCUT2D eigenvalue weighted by Crippen LogP contribution is 2.42. The molecule has 0 aliphatic heterocycles. The summed E-state index contributed by atoms with van der Waals surface area (Å²) in [7, 11) is 1.14. The number of aromatic hydroxyl groups is 1. The third kappa shape index (κ3) is 2.62. The van der Waals surface area contributed by atoms with Gasteiger partial charge in [-0.15, -0.1) is 0 Å². The third-order valence-corrected chi connectivity index (χ3v) is 2.30. The van der Waals surface area contributed by atoms with Gasteiger partial charge in [0.2, 0.25) is 5.82 Å². The molecule has 2 nitrogen and oxygen atoms in total. The van der Waals surface area contributed by atoms with Crippen molar-refractivity contribution in [1.29, 1.82) is 0 Å². The van der Waals surface area contributed by atoms with E-state index in [-0.39, 0.29) is 17.7 Å². The van der Waals surface area contributed by atoms with Crippen molar-refractivity contribution in [2.75, 3.05) is 7.11 Å². The molecule has 0 saturated carbocycles. The van der Waals surface area contributed by atoms with Crippen molar-refractivity contribution in [3.63, 3.8) is 0 Å². The van der Waals surface area contributed by atoms with Gasteiger partial charge in [-0.3, -0.25) is 0 Å².